The molecule has 0 atom stereocenters. The maximum absolute atomic E-state index is 13.7. The maximum Gasteiger partial charge on any atom is 0.450 e. The van der Waals surface area contributed by atoms with E-state index in [-0.39, 0.29) is 22.3 Å². The standard InChI is InChI=1S/C23H11ClF4O4/c24-14-5-1-12(2-6-14)19-20(29)17-10-9-16(11-18(17)32-21(19)23(26,27)28)31-22(30)13-3-7-15(25)8-4-13/h1-11H. The van der Waals surface area contributed by atoms with Crippen LogP contribution in [0.15, 0.2) is 75.9 Å². The summed E-state index contributed by atoms with van der Waals surface area (Å²) >= 11 is 5.79. The summed E-state index contributed by atoms with van der Waals surface area (Å²) in [6.07, 6.45) is -4.97. The van der Waals surface area contributed by atoms with E-state index in [0.717, 1.165) is 18.2 Å². The van der Waals surface area contributed by atoms with E-state index in [1.165, 1.54) is 48.5 Å². The van der Waals surface area contributed by atoms with E-state index >= 15 is 0 Å². The lowest BCUT2D eigenvalue weighted by atomic mass is 10.0. The Bertz CT molecular complexity index is 1380. The van der Waals surface area contributed by atoms with Gasteiger partial charge in [-0.3, -0.25) is 4.79 Å². The van der Waals surface area contributed by atoms with Crippen LogP contribution in [-0.2, 0) is 6.18 Å². The van der Waals surface area contributed by atoms with Crippen molar-refractivity contribution in [2.45, 2.75) is 6.18 Å². The van der Waals surface area contributed by atoms with Crippen LogP contribution in [0.25, 0.3) is 22.1 Å². The number of hydrogen-bond donors (Lipinski definition) is 0. The van der Waals surface area contributed by atoms with E-state index in [1.807, 2.05) is 0 Å². The molecule has 0 saturated heterocycles. The van der Waals surface area contributed by atoms with Gasteiger partial charge in [0.25, 0.3) is 0 Å². The van der Waals surface area contributed by atoms with Gasteiger partial charge in [0.1, 0.15) is 17.1 Å². The van der Waals surface area contributed by atoms with E-state index in [0.29, 0.717) is 5.02 Å². The lowest BCUT2D eigenvalue weighted by Gasteiger charge is -2.13. The van der Waals surface area contributed by atoms with E-state index < -0.39 is 40.3 Å². The van der Waals surface area contributed by atoms with Crippen molar-refractivity contribution in [3.05, 3.63) is 99.1 Å². The minimum atomic E-state index is -4.97. The predicted molar refractivity (Wildman–Crippen MR) is 109 cm³/mol. The summed E-state index contributed by atoms with van der Waals surface area (Å²) in [6, 6.07) is 13.3. The van der Waals surface area contributed by atoms with E-state index in [1.54, 1.807) is 0 Å². The first-order chi connectivity index (χ1) is 15.1. The quantitative estimate of drug-likeness (QED) is 0.198. The molecular weight excluding hydrogens is 452 g/mol. The van der Waals surface area contributed by atoms with Gasteiger partial charge in [-0.1, -0.05) is 23.7 Å². The summed E-state index contributed by atoms with van der Waals surface area (Å²) < 4.78 is 64.3. The van der Waals surface area contributed by atoms with E-state index in [4.69, 9.17) is 20.8 Å². The van der Waals surface area contributed by atoms with Gasteiger partial charge in [0, 0.05) is 11.1 Å². The van der Waals surface area contributed by atoms with Crippen molar-refractivity contribution in [1.82, 2.24) is 0 Å². The van der Waals surface area contributed by atoms with Gasteiger partial charge in [0.05, 0.1) is 16.5 Å². The van der Waals surface area contributed by atoms with Crippen LogP contribution in [0.5, 0.6) is 5.75 Å². The minimum absolute atomic E-state index is 0.0100. The Kier molecular flexibility index (Phi) is 5.48. The van der Waals surface area contributed by atoms with E-state index in [9.17, 15) is 27.2 Å². The molecule has 0 N–H and O–H groups in total. The second kappa shape index (κ2) is 8.12. The molecule has 4 nitrogen and oxygen atoms in total. The molecule has 1 heterocycles. The third kappa shape index (κ3) is 4.22. The normalized spacial score (nSPS) is 11.5. The van der Waals surface area contributed by atoms with Crippen LogP contribution < -0.4 is 10.2 Å². The van der Waals surface area contributed by atoms with Crippen LogP contribution in [0.2, 0.25) is 5.02 Å². The van der Waals surface area contributed by atoms with Crippen LogP contribution in [0.3, 0.4) is 0 Å². The highest BCUT2D eigenvalue weighted by Gasteiger charge is 2.39. The molecule has 1 aromatic heterocycles. The highest BCUT2D eigenvalue weighted by molar-refractivity contribution is 6.30. The Morgan fingerprint density at radius 1 is 0.938 bits per heavy atom. The van der Waals surface area contributed by atoms with Crippen molar-refractivity contribution in [3.63, 3.8) is 0 Å². The van der Waals surface area contributed by atoms with Gasteiger partial charge in [-0.25, -0.2) is 9.18 Å². The third-order valence-electron chi connectivity index (χ3n) is 4.54. The zero-order valence-corrected chi connectivity index (χ0v) is 16.6. The summed E-state index contributed by atoms with van der Waals surface area (Å²) in [5.41, 5.74) is -1.95. The highest BCUT2D eigenvalue weighted by Crippen LogP contribution is 2.38. The second-order valence-electron chi connectivity index (χ2n) is 6.69. The average molecular weight is 463 g/mol. The van der Waals surface area contributed by atoms with Gasteiger partial charge in [0.2, 0.25) is 11.2 Å². The molecule has 0 spiro atoms. The molecule has 4 aromatic rings. The lowest BCUT2D eigenvalue weighted by Crippen LogP contribution is -2.16. The Morgan fingerprint density at radius 3 is 2.22 bits per heavy atom. The number of fused-ring (bicyclic) bond motifs is 1. The van der Waals surface area contributed by atoms with Crippen LogP contribution >= 0.6 is 11.6 Å². The topological polar surface area (TPSA) is 56.5 Å². The number of halogens is 5. The molecule has 0 radical (unpaired) electrons. The first-order valence-electron chi connectivity index (χ1n) is 9.05. The molecule has 0 aliphatic carbocycles. The van der Waals surface area contributed by atoms with Gasteiger partial charge in [-0.15, -0.1) is 0 Å². The summed E-state index contributed by atoms with van der Waals surface area (Å²) in [4.78, 5) is 25.1. The van der Waals surface area contributed by atoms with Gasteiger partial charge in [-0.05, 0) is 54.1 Å². The van der Waals surface area contributed by atoms with Gasteiger partial charge in [-0.2, -0.15) is 13.2 Å². The van der Waals surface area contributed by atoms with Crippen molar-refractivity contribution in [2.75, 3.05) is 0 Å². The SMILES string of the molecule is O=C(Oc1ccc2c(=O)c(-c3ccc(Cl)cc3)c(C(F)(F)F)oc2c1)c1ccc(F)cc1. The van der Waals surface area contributed by atoms with Crippen LogP contribution in [-0.4, -0.2) is 5.97 Å². The minimum Gasteiger partial charge on any atom is -0.450 e. The molecule has 0 saturated carbocycles. The fourth-order valence-corrected chi connectivity index (χ4v) is 3.19. The zero-order chi connectivity index (χ0) is 23.0. The Balaban J connectivity index is 1.81. The molecule has 3 aromatic carbocycles. The molecule has 32 heavy (non-hydrogen) atoms. The van der Waals surface area contributed by atoms with E-state index in [2.05, 4.69) is 0 Å². The second-order valence-corrected chi connectivity index (χ2v) is 7.13. The van der Waals surface area contributed by atoms with Gasteiger partial charge in [0.15, 0.2) is 0 Å². The predicted octanol–water partition coefficient (Wildman–Crippen LogP) is 6.49. The molecule has 0 aliphatic heterocycles. The van der Waals surface area contributed by atoms with Crippen LogP contribution in [0, 0.1) is 5.82 Å². The molecule has 0 amide bonds. The first-order valence-corrected chi connectivity index (χ1v) is 9.43. The smallest absolute Gasteiger partial charge is 0.450 e. The molecule has 162 valence electrons. The molecule has 4 rings (SSSR count). The molecule has 0 fully saturated rings. The summed E-state index contributed by atoms with van der Waals surface area (Å²) in [5, 5.41) is 0.157. The number of alkyl halides is 3. The van der Waals surface area contributed by atoms with Crippen molar-refractivity contribution < 1.29 is 31.5 Å². The van der Waals surface area contributed by atoms with Crippen molar-refractivity contribution in [3.8, 4) is 16.9 Å². The Morgan fingerprint density at radius 2 is 1.59 bits per heavy atom. The number of esters is 1. The summed E-state index contributed by atoms with van der Waals surface area (Å²) in [6.45, 7) is 0. The number of carbonyl (C=O) groups excluding carboxylic acids is 1. The number of ether oxygens (including phenoxy) is 1. The molecule has 0 bridgehead atoms. The summed E-state index contributed by atoms with van der Waals surface area (Å²) in [5.74, 6) is -3.05. The van der Waals surface area contributed by atoms with Crippen LogP contribution in [0.4, 0.5) is 17.6 Å². The Labute approximate surface area is 182 Å². The average Bonchev–Trinajstić information content (AvgIpc) is 2.74. The van der Waals surface area contributed by atoms with Crippen molar-refractivity contribution in [1.29, 1.82) is 0 Å². The number of benzene rings is 3. The molecule has 9 heteroatoms. The fraction of sp³-hybridized carbons (Fsp3) is 0.0435. The number of hydrogen-bond acceptors (Lipinski definition) is 4. The molecule has 0 unspecified atom stereocenters. The monoisotopic (exact) mass is 462 g/mol. The fourth-order valence-electron chi connectivity index (χ4n) is 3.07. The van der Waals surface area contributed by atoms with Gasteiger partial charge >= 0.3 is 12.1 Å². The maximum atomic E-state index is 13.7. The molecular formula is C23H11ClF4O4. The number of rotatable bonds is 3. The van der Waals surface area contributed by atoms with Crippen LogP contribution in [0.1, 0.15) is 16.1 Å². The first kappa shape index (κ1) is 21.6. The third-order valence-corrected chi connectivity index (χ3v) is 4.80. The summed E-state index contributed by atoms with van der Waals surface area (Å²) in [7, 11) is 0. The highest BCUT2D eigenvalue weighted by atomic mass is 35.5. The molecule has 0 aliphatic rings. The van der Waals surface area contributed by atoms with Crippen molar-refractivity contribution in [2.24, 2.45) is 0 Å². The zero-order valence-electron chi connectivity index (χ0n) is 15.9. The lowest BCUT2D eigenvalue weighted by molar-refractivity contribution is -0.152. The van der Waals surface area contributed by atoms with Gasteiger partial charge < -0.3 is 9.15 Å². The number of carbonyl (C=O) groups is 1. The Hall–Kier alpha value is -3.65. The van der Waals surface area contributed by atoms with Crippen molar-refractivity contribution >= 4 is 28.5 Å². The largest absolute Gasteiger partial charge is 0.450 e.